The van der Waals surface area contributed by atoms with Gasteiger partial charge in [0.15, 0.2) is 0 Å². The van der Waals surface area contributed by atoms with Crippen molar-refractivity contribution < 1.29 is 9.59 Å². The molecule has 1 aromatic rings. The van der Waals surface area contributed by atoms with E-state index < -0.39 is 11.9 Å². The molecule has 0 fully saturated rings. The smallest absolute Gasteiger partial charge is 0.240 e. The van der Waals surface area contributed by atoms with Crippen LogP contribution in [0.4, 0.5) is 0 Å². The lowest BCUT2D eigenvalue weighted by Gasteiger charge is -2.16. The molecule has 0 radical (unpaired) electrons. The topological polar surface area (TPSA) is 72.2 Å². The number of rotatable bonds is 6. The second kappa shape index (κ2) is 7.14. The van der Waals surface area contributed by atoms with E-state index in [9.17, 15) is 9.59 Å². The van der Waals surface area contributed by atoms with Crippen LogP contribution in [0, 0.1) is 5.92 Å². The molecule has 0 aliphatic rings. The van der Waals surface area contributed by atoms with Gasteiger partial charge in [-0.25, -0.2) is 0 Å². The predicted molar refractivity (Wildman–Crippen MR) is 75.7 cm³/mol. The van der Waals surface area contributed by atoms with Gasteiger partial charge in [0.05, 0.1) is 0 Å². The Hall–Kier alpha value is -1.55. The SMILES string of the molecule is CC(C)CC(=O)N[C@@H](Cc1ccc(Cl)cc1)C(N)=O. The number of primary amides is 1. The van der Waals surface area contributed by atoms with Crippen LogP contribution >= 0.6 is 11.6 Å². The predicted octanol–water partition coefficient (Wildman–Crippen LogP) is 1.90. The van der Waals surface area contributed by atoms with Crippen LogP contribution < -0.4 is 11.1 Å². The van der Waals surface area contributed by atoms with Crippen LogP contribution in [0.25, 0.3) is 0 Å². The molecule has 0 aromatic heterocycles. The summed E-state index contributed by atoms with van der Waals surface area (Å²) >= 11 is 5.79. The van der Waals surface area contributed by atoms with Crippen molar-refractivity contribution in [3.8, 4) is 0 Å². The van der Waals surface area contributed by atoms with E-state index in [1.54, 1.807) is 12.1 Å². The van der Waals surface area contributed by atoms with Crippen LogP contribution in [0.5, 0.6) is 0 Å². The summed E-state index contributed by atoms with van der Waals surface area (Å²) in [5, 5.41) is 3.29. The van der Waals surface area contributed by atoms with E-state index in [1.807, 2.05) is 26.0 Å². The zero-order valence-corrected chi connectivity index (χ0v) is 11.9. The van der Waals surface area contributed by atoms with Gasteiger partial charge < -0.3 is 11.1 Å². The Balaban J connectivity index is 2.65. The van der Waals surface area contributed by atoms with Crippen molar-refractivity contribution in [1.29, 1.82) is 0 Å². The number of nitrogens with one attached hydrogen (secondary N) is 1. The molecule has 104 valence electrons. The highest BCUT2D eigenvalue weighted by Gasteiger charge is 2.18. The van der Waals surface area contributed by atoms with Gasteiger partial charge in [0.1, 0.15) is 6.04 Å². The number of nitrogens with two attached hydrogens (primary N) is 1. The molecule has 1 rings (SSSR count). The van der Waals surface area contributed by atoms with Crippen molar-refractivity contribution in [2.75, 3.05) is 0 Å². The highest BCUT2D eigenvalue weighted by molar-refractivity contribution is 6.30. The van der Waals surface area contributed by atoms with Crippen LogP contribution in [0.2, 0.25) is 5.02 Å². The van der Waals surface area contributed by atoms with Gasteiger partial charge in [-0.3, -0.25) is 9.59 Å². The van der Waals surface area contributed by atoms with Gasteiger partial charge in [-0.2, -0.15) is 0 Å². The summed E-state index contributed by atoms with van der Waals surface area (Å²) in [4.78, 5) is 23.0. The molecule has 0 spiro atoms. The first-order chi connectivity index (χ1) is 8.88. The Morgan fingerprint density at radius 2 is 1.84 bits per heavy atom. The third-order valence-electron chi connectivity index (χ3n) is 2.63. The van der Waals surface area contributed by atoms with Crippen LogP contribution in [0.3, 0.4) is 0 Å². The maximum Gasteiger partial charge on any atom is 0.240 e. The fourth-order valence-corrected chi connectivity index (χ4v) is 1.83. The molecule has 4 nitrogen and oxygen atoms in total. The molecule has 2 amide bonds. The van der Waals surface area contributed by atoms with Gasteiger partial charge in [0, 0.05) is 17.9 Å². The lowest BCUT2D eigenvalue weighted by atomic mass is 10.0. The average Bonchev–Trinajstić information content (AvgIpc) is 2.29. The van der Waals surface area contributed by atoms with Gasteiger partial charge in [-0.1, -0.05) is 37.6 Å². The second-order valence-electron chi connectivity index (χ2n) is 4.95. The molecule has 19 heavy (non-hydrogen) atoms. The molecule has 0 bridgehead atoms. The zero-order valence-electron chi connectivity index (χ0n) is 11.2. The average molecular weight is 283 g/mol. The summed E-state index contributed by atoms with van der Waals surface area (Å²) in [5.41, 5.74) is 6.21. The Morgan fingerprint density at radius 1 is 1.26 bits per heavy atom. The molecular weight excluding hydrogens is 264 g/mol. The summed E-state index contributed by atoms with van der Waals surface area (Å²) in [6.45, 7) is 3.89. The molecule has 0 heterocycles. The molecule has 1 aromatic carbocycles. The highest BCUT2D eigenvalue weighted by atomic mass is 35.5. The molecule has 0 saturated heterocycles. The van der Waals surface area contributed by atoms with Gasteiger partial charge in [0.25, 0.3) is 0 Å². The maximum atomic E-state index is 11.7. The first-order valence-corrected chi connectivity index (χ1v) is 6.59. The largest absolute Gasteiger partial charge is 0.368 e. The van der Waals surface area contributed by atoms with Crippen molar-refractivity contribution in [1.82, 2.24) is 5.32 Å². The molecule has 0 saturated carbocycles. The summed E-state index contributed by atoms with van der Waals surface area (Å²) in [7, 11) is 0. The standard InChI is InChI=1S/C14H19ClN2O2/c1-9(2)7-13(18)17-12(14(16)19)8-10-3-5-11(15)6-4-10/h3-6,9,12H,7-8H2,1-2H3,(H2,16,19)(H,17,18)/t12-/m0/s1. The minimum atomic E-state index is -0.688. The van der Waals surface area contributed by atoms with Gasteiger partial charge in [-0.05, 0) is 23.6 Å². The molecule has 0 unspecified atom stereocenters. The van der Waals surface area contributed by atoms with Crippen LogP contribution in [0.15, 0.2) is 24.3 Å². The zero-order chi connectivity index (χ0) is 14.4. The highest BCUT2D eigenvalue weighted by Crippen LogP contribution is 2.11. The van der Waals surface area contributed by atoms with E-state index in [0.29, 0.717) is 17.9 Å². The Morgan fingerprint density at radius 3 is 2.32 bits per heavy atom. The molecule has 0 aliphatic heterocycles. The Kier molecular flexibility index (Phi) is 5.83. The molecule has 0 aliphatic carbocycles. The van der Waals surface area contributed by atoms with E-state index in [-0.39, 0.29) is 11.8 Å². The van der Waals surface area contributed by atoms with E-state index in [2.05, 4.69) is 5.32 Å². The normalized spacial score (nSPS) is 12.2. The van der Waals surface area contributed by atoms with Crippen molar-refractivity contribution in [3.05, 3.63) is 34.9 Å². The summed E-state index contributed by atoms with van der Waals surface area (Å²) < 4.78 is 0. The van der Waals surface area contributed by atoms with E-state index in [4.69, 9.17) is 17.3 Å². The number of carbonyl (C=O) groups excluding carboxylic acids is 2. The quantitative estimate of drug-likeness (QED) is 0.836. The van der Waals surface area contributed by atoms with E-state index in [1.165, 1.54) is 0 Å². The third kappa shape index (κ3) is 5.75. The number of benzene rings is 1. The fourth-order valence-electron chi connectivity index (χ4n) is 1.70. The summed E-state index contributed by atoms with van der Waals surface area (Å²) in [5.74, 6) is -0.455. The molecule has 1 atom stereocenters. The van der Waals surface area contributed by atoms with E-state index in [0.717, 1.165) is 5.56 Å². The monoisotopic (exact) mass is 282 g/mol. The Labute approximate surface area is 118 Å². The lowest BCUT2D eigenvalue weighted by Crippen LogP contribution is -2.46. The van der Waals surface area contributed by atoms with Crippen LogP contribution in [0.1, 0.15) is 25.8 Å². The maximum absolute atomic E-state index is 11.7. The number of amides is 2. The fraction of sp³-hybridized carbons (Fsp3) is 0.429. The van der Waals surface area contributed by atoms with Crippen molar-refractivity contribution in [2.24, 2.45) is 11.7 Å². The lowest BCUT2D eigenvalue weighted by molar-refractivity contribution is -0.127. The van der Waals surface area contributed by atoms with Gasteiger partial charge in [-0.15, -0.1) is 0 Å². The van der Waals surface area contributed by atoms with Crippen molar-refractivity contribution >= 4 is 23.4 Å². The third-order valence-corrected chi connectivity index (χ3v) is 2.88. The van der Waals surface area contributed by atoms with Crippen LogP contribution in [-0.4, -0.2) is 17.9 Å². The minimum Gasteiger partial charge on any atom is -0.368 e. The first kappa shape index (κ1) is 15.5. The Bertz CT molecular complexity index is 443. The molecule has 3 N–H and O–H groups in total. The number of halogens is 1. The summed E-state index contributed by atoms with van der Waals surface area (Å²) in [6, 6.07) is 6.42. The summed E-state index contributed by atoms with van der Waals surface area (Å²) in [6.07, 6.45) is 0.751. The van der Waals surface area contributed by atoms with Crippen molar-refractivity contribution in [2.45, 2.75) is 32.7 Å². The molecule has 5 heteroatoms. The minimum absolute atomic E-state index is 0.159. The number of hydrogen-bond acceptors (Lipinski definition) is 2. The number of hydrogen-bond donors (Lipinski definition) is 2. The number of carbonyl (C=O) groups is 2. The van der Waals surface area contributed by atoms with Gasteiger partial charge >= 0.3 is 0 Å². The van der Waals surface area contributed by atoms with Crippen molar-refractivity contribution in [3.63, 3.8) is 0 Å². The second-order valence-corrected chi connectivity index (χ2v) is 5.39. The first-order valence-electron chi connectivity index (χ1n) is 6.21. The molecular formula is C14H19ClN2O2. The van der Waals surface area contributed by atoms with E-state index >= 15 is 0 Å². The van der Waals surface area contributed by atoms with Gasteiger partial charge in [0.2, 0.25) is 11.8 Å². The van der Waals surface area contributed by atoms with Crippen LogP contribution in [-0.2, 0) is 16.0 Å².